The first-order valence-corrected chi connectivity index (χ1v) is 8.27. The number of nitrogens with two attached hydrogens (primary N) is 1. The summed E-state index contributed by atoms with van der Waals surface area (Å²) in [5.74, 6) is 0.597. The van der Waals surface area contributed by atoms with E-state index in [2.05, 4.69) is 15.9 Å². The van der Waals surface area contributed by atoms with Crippen molar-refractivity contribution in [1.82, 2.24) is 0 Å². The van der Waals surface area contributed by atoms with Gasteiger partial charge in [-0.25, -0.2) is 8.42 Å². The second-order valence-electron chi connectivity index (χ2n) is 4.35. The molecule has 0 saturated heterocycles. The Morgan fingerprint density at radius 3 is 2.29 bits per heavy atom. The van der Waals surface area contributed by atoms with E-state index >= 15 is 0 Å². The van der Waals surface area contributed by atoms with Gasteiger partial charge in [0.25, 0.3) is 10.0 Å². The fourth-order valence-corrected chi connectivity index (χ4v) is 3.45. The van der Waals surface area contributed by atoms with Crippen LogP contribution in [0.15, 0.2) is 51.8 Å². The van der Waals surface area contributed by atoms with Gasteiger partial charge >= 0.3 is 0 Å². The molecular formula is C14H15BrN2O3S. The molecule has 0 fully saturated rings. The molecule has 0 atom stereocenters. The molecule has 0 aliphatic heterocycles. The van der Waals surface area contributed by atoms with Crippen molar-refractivity contribution in [2.75, 3.05) is 24.2 Å². The third kappa shape index (κ3) is 3.14. The van der Waals surface area contributed by atoms with Crippen LogP contribution in [0.2, 0.25) is 0 Å². The summed E-state index contributed by atoms with van der Waals surface area (Å²) in [6.45, 7) is 0. The Balaban J connectivity index is 2.42. The van der Waals surface area contributed by atoms with Gasteiger partial charge in [0.2, 0.25) is 0 Å². The molecule has 0 amide bonds. The molecule has 0 saturated carbocycles. The Kier molecular flexibility index (Phi) is 4.43. The number of hydrogen-bond donors (Lipinski definition) is 1. The van der Waals surface area contributed by atoms with E-state index in [1.165, 1.54) is 26.3 Å². The number of methoxy groups -OCH3 is 1. The van der Waals surface area contributed by atoms with E-state index in [1.54, 1.807) is 30.3 Å². The van der Waals surface area contributed by atoms with Crippen LogP contribution in [-0.4, -0.2) is 22.6 Å². The molecule has 0 bridgehead atoms. The molecule has 2 aromatic carbocycles. The van der Waals surface area contributed by atoms with Crippen LogP contribution in [0.4, 0.5) is 11.4 Å². The number of sulfonamides is 1. The molecule has 21 heavy (non-hydrogen) atoms. The lowest BCUT2D eigenvalue weighted by atomic mass is 10.3. The van der Waals surface area contributed by atoms with Crippen molar-refractivity contribution in [2.24, 2.45) is 0 Å². The quantitative estimate of drug-likeness (QED) is 0.839. The highest BCUT2D eigenvalue weighted by atomic mass is 79.9. The Hall–Kier alpha value is -1.73. The molecule has 2 N–H and O–H groups in total. The molecule has 0 heterocycles. The lowest BCUT2D eigenvalue weighted by Crippen LogP contribution is -2.27. The highest BCUT2D eigenvalue weighted by molar-refractivity contribution is 9.10. The van der Waals surface area contributed by atoms with Crippen LogP contribution >= 0.6 is 15.9 Å². The van der Waals surface area contributed by atoms with Crippen molar-refractivity contribution >= 4 is 37.3 Å². The molecule has 2 rings (SSSR count). The number of hydrogen-bond acceptors (Lipinski definition) is 4. The average molecular weight is 371 g/mol. The molecular weight excluding hydrogens is 356 g/mol. The van der Waals surface area contributed by atoms with Crippen LogP contribution in [0, 0.1) is 0 Å². The zero-order chi connectivity index (χ0) is 15.6. The van der Waals surface area contributed by atoms with E-state index in [0.29, 0.717) is 17.1 Å². The van der Waals surface area contributed by atoms with Gasteiger partial charge in [0.05, 0.1) is 23.4 Å². The van der Waals surface area contributed by atoms with Gasteiger partial charge in [0.15, 0.2) is 0 Å². The summed E-state index contributed by atoms with van der Waals surface area (Å²) in [5.41, 5.74) is 6.69. The van der Waals surface area contributed by atoms with E-state index in [9.17, 15) is 8.42 Å². The van der Waals surface area contributed by atoms with E-state index in [0.717, 1.165) is 8.78 Å². The fourth-order valence-electron chi connectivity index (χ4n) is 1.85. The summed E-state index contributed by atoms with van der Waals surface area (Å²) in [6, 6.07) is 11.3. The number of nitrogens with zero attached hydrogens (tertiary/aromatic N) is 1. The third-order valence-corrected chi connectivity index (χ3v) is 5.33. The first-order valence-electron chi connectivity index (χ1n) is 6.04. The highest BCUT2D eigenvalue weighted by Crippen LogP contribution is 2.30. The normalized spacial score (nSPS) is 11.2. The van der Waals surface area contributed by atoms with Gasteiger partial charge in [0, 0.05) is 11.5 Å². The number of rotatable bonds is 4. The van der Waals surface area contributed by atoms with Crippen LogP contribution in [0.25, 0.3) is 0 Å². The SMILES string of the molecule is COc1ccc(S(=O)(=O)N(C)c2ccc(Br)cc2N)cc1. The van der Waals surface area contributed by atoms with Gasteiger partial charge in [0.1, 0.15) is 5.75 Å². The topological polar surface area (TPSA) is 72.6 Å². The molecule has 0 aliphatic rings. The summed E-state index contributed by atoms with van der Waals surface area (Å²) in [4.78, 5) is 0.174. The van der Waals surface area contributed by atoms with Crippen LogP contribution in [0.3, 0.4) is 0 Å². The second kappa shape index (κ2) is 5.95. The second-order valence-corrected chi connectivity index (χ2v) is 7.24. The van der Waals surface area contributed by atoms with E-state index in [-0.39, 0.29) is 4.90 Å². The third-order valence-electron chi connectivity index (χ3n) is 3.05. The van der Waals surface area contributed by atoms with Gasteiger partial charge < -0.3 is 10.5 Å². The predicted molar refractivity (Wildman–Crippen MR) is 87.1 cm³/mol. The lowest BCUT2D eigenvalue weighted by molar-refractivity contribution is 0.414. The van der Waals surface area contributed by atoms with Crippen molar-refractivity contribution in [2.45, 2.75) is 4.90 Å². The molecule has 5 nitrogen and oxygen atoms in total. The number of halogens is 1. The first-order chi connectivity index (χ1) is 9.86. The van der Waals surface area contributed by atoms with Gasteiger partial charge in [-0.1, -0.05) is 15.9 Å². The standard InChI is InChI=1S/C14H15BrN2O3S/c1-17(14-8-3-10(15)9-13(14)16)21(18,19)12-6-4-11(20-2)5-7-12/h3-9H,16H2,1-2H3. The molecule has 0 unspecified atom stereocenters. The molecule has 0 aliphatic carbocycles. The molecule has 0 radical (unpaired) electrons. The predicted octanol–water partition coefficient (Wildman–Crippen LogP) is 2.87. The zero-order valence-corrected chi connectivity index (χ0v) is 14.0. The summed E-state index contributed by atoms with van der Waals surface area (Å²) in [6.07, 6.45) is 0. The summed E-state index contributed by atoms with van der Waals surface area (Å²) < 4.78 is 32.2. The van der Waals surface area contributed by atoms with Gasteiger partial charge in [-0.15, -0.1) is 0 Å². The van der Waals surface area contributed by atoms with E-state index in [1.807, 2.05) is 0 Å². The molecule has 2 aromatic rings. The first kappa shape index (κ1) is 15.7. The molecule has 7 heteroatoms. The van der Waals surface area contributed by atoms with Crippen LogP contribution in [0.1, 0.15) is 0 Å². The van der Waals surface area contributed by atoms with Crippen molar-refractivity contribution < 1.29 is 13.2 Å². The van der Waals surface area contributed by atoms with Crippen molar-refractivity contribution in [3.05, 3.63) is 46.9 Å². The van der Waals surface area contributed by atoms with E-state index < -0.39 is 10.0 Å². The summed E-state index contributed by atoms with van der Waals surface area (Å²) in [7, 11) is -0.673. The van der Waals surface area contributed by atoms with Crippen molar-refractivity contribution in [3.8, 4) is 5.75 Å². The number of benzene rings is 2. The smallest absolute Gasteiger partial charge is 0.264 e. The van der Waals surface area contributed by atoms with Crippen LogP contribution < -0.4 is 14.8 Å². The molecule has 0 spiro atoms. The minimum absolute atomic E-state index is 0.174. The Labute approximate surface area is 132 Å². The number of anilines is 2. The summed E-state index contributed by atoms with van der Waals surface area (Å²) >= 11 is 3.29. The maximum absolute atomic E-state index is 12.6. The zero-order valence-electron chi connectivity index (χ0n) is 11.6. The lowest BCUT2D eigenvalue weighted by Gasteiger charge is -2.21. The number of ether oxygens (including phenoxy) is 1. The Morgan fingerprint density at radius 1 is 1.14 bits per heavy atom. The minimum atomic E-state index is -3.67. The van der Waals surface area contributed by atoms with Gasteiger partial charge in [-0.2, -0.15) is 0 Å². The van der Waals surface area contributed by atoms with Crippen LogP contribution in [0.5, 0.6) is 5.75 Å². The maximum atomic E-state index is 12.6. The van der Waals surface area contributed by atoms with Crippen molar-refractivity contribution in [1.29, 1.82) is 0 Å². The monoisotopic (exact) mass is 370 g/mol. The summed E-state index contributed by atoms with van der Waals surface area (Å²) in [5, 5.41) is 0. The fraction of sp³-hybridized carbons (Fsp3) is 0.143. The maximum Gasteiger partial charge on any atom is 0.264 e. The molecule has 112 valence electrons. The van der Waals surface area contributed by atoms with Crippen molar-refractivity contribution in [3.63, 3.8) is 0 Å². The Morgan fingerprint density at radius 2 is 1.76 bits per heavy atom. The number of nitrogen functional groups attached to an aromatic ring is 1. The van der Waals surface area contributed by atoms with E-state index in [4.69, 9.17) is 10.5 Å². The van der Waals surface area contributed by atoms with Gasteiger partial charge in [-0.3, -0.25) is 4.31 Å². The minimum Gasteiger partial charge on any atom is -0.497 e. The molecule has 0 aromatic heterocycles. The average Bonchev–Trinajstić information content (AvgIpc) is 2.46. The van der Waals surface area contributed by atoms with Gasteiger partial charge in [-0.05, 0) is 42.5 Å². The van der Waals surface area contributed by atoms with Crippen LogP contribution in [-0.2, 0) is 10.0 Å². The highest BCUT2D eigenvalue weighted by Gasteiger charge is 2.22. The Bertz CT molecular complexity index is 745. The largest absolute Gasteiger partial charge is 0.497 e.